The fourth-order valence-electron chi connectivity index (χ4n) is 4.11. The van der Waals surface area contributed by atoms with E-state index in [0.717, 1.165) is 31.2 Å². The second-order valence-electron chi connectivity index (χ2n) is 9.02. The molecule has 3 rings (SSSR count). The molecular formula is C22H32N2O4. The molecule has 154 valence electrons. The maximum absolute atomic E-state index is 13.1. The van der Waals surface area contributed by atoms with Gasteiger partial charge < -0.3 is 20.1 Å². The first-order chi connectivity index (χ1) is 13.2. The van der Waals surface area contributed by atoms with Gasteiger partial charge in [-0.25, -0.2) is 4.79 Å². The molecule has 6 nitrogen and oxygen atoms in total. The zero-order chi connectivity index (χ0) is 20.3. The molecule has 2 fully saturated rings. The Balaban J connectivity index is 1.72. The van der Waals surface area contributed by atoms with E-state index in [1.165, 1.54) is 0 Å². The molecule has 0 spiro atoms. The van der Waals surface area contributed by atoms with E-state index in [0.29, 0.717) is 13.1 Å². The van der Waals surface area contributed by atoms with Crippen LogP contribution >= 0.6 is 0 Å². The molecule has 2 amide bonds. The molecule has 0 radical (unpaired) electrons. The summed E-state index contributed by atoms with van der Waals surface area (Å²) < 4.78 is 5.52. The second-order valence-corrected chi connectivity index (χ2v) is 9.02. The van der Waals surface area contributed by atoms with Gasteiger partial charge in [-0.1, -0.05) is 30.3 Å². The van der Waals surface area contributed by atoms with Crippen LogP contribution in [0.25, 0.3) is 0 Å². The van der Waals surface area contributed by atoms with Gasteiger partial charge in [0.15, 0.2) is 0 Å². The molecule has 1 saturated carbocycles. The number of rotatable bonds is 3. The predicted octanol–water partition coefficient (Wildman–Crippen LogP) is 3.06. The Bertz CT molecular complexity index is 678. The summed E-state index contributed by atoms with van der Waals surface area (Å²) in [6.07, 6.45) is 2.42. The van der Waals surface area contributed by atoms with E-state index in [2.05, 4.69) is 5.32 Å². The van der Waals surface area contributed by atoms with Gasteiger partial charge in [0, 0.05) is 25.0 Å². The minimum Gasteiger partial charge on any atom is -0.444 e. The topological polar surface area (TPSA) is 78.9 Å². The molecule has 1 aliphatic heterocycles. The summed E-state index contributed by atoms with van der Waals surface area (Å²) in [7, 11) is 0. The summed E-state index contributed by atoms with van der Waals surface area (Å²) in [6.45, 7) is 6.36. The van der Waals surface area contributed by atoms with Crippen molar-refractivity contribution in [3.05, 3.63) is 35.9 Å². The summed E-state index contributed by atoms with van der Waals surface area (Å²) in [5.41, 5.74) is 0.496. The Labute approximate surface area is 167 Å². The van der Waals surface area contributed by atoms with Crippen LogP contribution in [0.3, 0.4) is 0 Å². The van der Waals surface area contributed by atoms with Gasteiger partial charge in [-0.2, -0.15) is 0 Å². The van der Waals surface area contributed by atoms with Gasteiger partial charge in [0.1, 0.15) is 5.60 Å². The predicted molar refractivity (Wildman–Crippen MR) is 107 cm³/mol. The third-order valence-corrected chi connectivity index (χ3v) is 5.58. The number of aliphatic hydroxyl groups excluding tert-OH is 1. The zero-order valence-electron chi connectivity index (χ0n) is 17.1. The van der Waals surface area contributed by atoms with Gasteiger partial charge in [0.25, 0.3) is 0 Å². The molecule has 1 aliphatic carbocycles. The van der Waals surface area contributed by atoms with Crippen molar-refractivity contribution in [1.82, 2.24) is 10.2 Å². The zero-order valence-corrected chi connectivity index (χ0v) is 17.1. The van der Waals surface area contributed by atoms with Crippen molar-refractivity contribution in [3.8, 4) is 0 Å². The number of carbonyl (C=O) groups is 2. The van der Waals surface area contributed by atoms with E-state index < -0.39 is 5.60 Å². The fourth-order valence-corrected chi connectivity index (χ4v) is 4.11. The highest BCUT2D eigenvalue weighted by molar-refractivity contribution is 5.82. The minimum absolute atomic E-state index is 0.0127. The molecule has 0 bridgehead atoms. The first kappa shape index (κ1) is 20.6. The van der Waals surface area contributed by atoms with Gasteiger partial charge in [-0.3, -0.25) is 4.79 Å². The van der Waals surface area contributed by atoms with Crippen LogP contribution in [-0.2, 0) is 9.53 Å². The number of hydrogen-bond donors (Lipinski definition) is 2. The molecule has 6 heteroatoms. The lowest BCUT2D eigenvalue weighted by Gasteiger charge is -2.28. The average Bonchev–Trinajstić information content (AvgIpc) is 3.09. The smallest absolute Gasteiger partial charge is 0.410 e. The van der Waals surface area contributed by atoms with Crippen LogP contribution in [0.1, 0.15) is 57.9 Å². The van der Waals surface area contributed by atoms with Crippen LogP contribution < -0.4 is 5.32 Å². The van der Waals surface area contributed by atoms with Gasteiger partial charge in [-0.05, 0) is 52.0 Å². The third kappa shape index (κ3) is 5.25. The lowest BCUT2D eigenvalue weighted by Crippen LogP contribution is -2.43. The highest BCUT2D eigenvalue weighted by atomic mass is 16.6. The summed E-state index contributed by atoms with van der Waals surface area (Å²) in [6, 6.07) is 10.0. The van der Waals surface area contributed by atoms with Gasteiger partial charge in [0.2, 0.25) is 5.91 Å². The van der Waals surface area contributed by atoms with Crippen LogP contribution in [0.4, 0.5) is 4.79 Å². The van der Waals surface area contributed by atoms with E-state index >= 15 is 0 Å². The van der Waals surface area contributed by atoms with E-state index in [1.54, 1.807) is 4.90 Å². The minimum atomic E-state index is -0.567. The number of nitrogens with zero attached hydrogens (tertiary/aromatic N) is 1. The first-order valence-electron chi connectivity index (χ1n) is 10.2. The van der Waals surface area contributed by atoms with Crippen molar-refractivity contribution >= 4 is 12.0 Å². The quantitative estimate of drug-likeness (QED) is 0.834. The average molecular weight is 389 g/mol. The molecule has 1 aromatic rings. The lowest BCUT2D eigenvalue weighted by molar-refractivity contribution is -0.126. The highest BCUT2D eigenvalue weighted by Gasteiger charge is 2.42. The number of benzene rings is 1. The standard InChI is InChI=1S/C22H32N2O4/c1-22(2,3)28-21(27)24-13-18(15-7-5-4-6-8-15)19(14-24)20(26)23-16-9-11-17(25)12-10-16/h4-8,16-19,25H,9-14H2,1-3H3,(H,23,26)/t16-,17-,18-,19+/m1/s1. The number of amides is 2. The highest BCUT2D eigenvalue weighted by Crippen LogP contribution is 2.34. The number of likely N-dealkylation sites (tertiary alicyclic amines) is 1. The summed E-state index contributed by atoms with van der Waals surface area (Å²) >= 11 is 0. The van der Waals surface area contributed by atoms with Crippen molar-refractivity contribution < 1.29 is 19.4 Å². The van der Waals surface area contributed by atoms with Crippen LogP contribution in [0.15, 0.2) is 30.3 Å². The second kappa shape index (κ2) is 8.52. The third-order valence-electron chi connectivity index (χ3n) is 5.58. The van der Waals surface area contributed by atoms with Crippen molar-refractivity contribution in [3.63, 3.8) is 0 Å². The first-order valence-corrected chi connectivity index (χ1v) is 10.2. The Morgan fingerprint density at radius 1 is 1.07 bits per heavy atom. The van der Waals surface area contributed by atoms with Gasteiger partial charge >= 0.3 is 6.09 Å². The number of hydrogen-bond acceptors (Lipinski definition) is 4. The van der Waals surface area contributed by atoms with Crippen LogP contribution in [0.5, 0.6) is 0 Å². The maximum Gasteiger partial charge on any atom is 0.410 e. The SMILES string of the molecule is CC(C)(C)OC(=O)N1C[C@H](C(=O)N[C@H]2CC[C@H](O)CC2)[C@@H](c2ccccc2)C1. The number of aliphatic hydroxyl groups is 1. The largest absolute Gasteiger partial charge is 0.444 e. The van der Waals surface area contributed by atoms with Crippen LogP contribution in [0, 0.1) is 5.92 Å². The Kier molecular flexibility index (Phi) is 6.28. The van der Waals surface area contributed by atoms with Crippen LogP contribution in [0.2, 0.25) is 0 Å². The number of ether oxygens (including phenoxy) is 1. The van der Waals surface area contributed by atoms with Crippen molar-refractivity contribution in [1.29, 1.82) is 0 Å². The molecule has 0 aromatic heterocycles. The van der Waals surface area contributed by atoms with Crippen molar-refractivity contribution in [2.45, 2.75) is 70.1 Å². The maximum atomic E-state index is 13.1. The summed E-state index contributed by atoms with van der Waals surface area (Å²) in [5.74, 6) is -0.369. The van der Waals surface area contributed by atoms with Gasteiger partial charge in [-0.15, -0.1) is 0 Å². The van der Waals surface area contributed by atoms with Crippen LogP contribution in [-0.4, -0.2) is 52.8 Å². The molecular weight excluding hydrogens is 356 g/mol. The molecule has 0 unspecified atom stereocenters. The fraction of sp³-hybridized carbons (Fsp3) is 0.636. The van der Waals surface area contributed by atoms with E-state index in [4.69, 9.17) is 4.74 Å². The molecule has 2 atom stereocenters. The molecule has 1 saturated heterocycles. The normalized spacial score (nSPS) is 28.1. The molecule has 28 heavy (non-hydrogen) atoms. The van der Waals surface area contributed by atoms with E-state index in [1.807, 2.05) is 51.1 Å². The number of nitrogens with one attached hydrogen (secondary N) is 1. The summed E-state index contributed by atoms with van der Waals surface area (Å²) in [5, 5.41) is 12.8. The van der Waals surface area contributed by atoms with E-state index in [9.17, 15) is 14.7 Å². The summed E-state index contributed by atoms with van der Waals surface area (Å²) in [4.78, 5) is 27.3. The van der Waals surface area contributed by atoms with Crippen molar-refractivity contribution in [2.75, 3.05) is 13.1 Å². The molecule has 1 aromatic carbocycles. The number of carbonyl (C=O) groups excluding carboxylic acids is 2. The van der Waals surface area contributed by atoms with Gasteiger partial charge in [0.05, 0.1) is 12.0 Å². The van der Waals surface area contributed by atoms with Crippen molar-refractivity contribution in [2.24, 2.45) is 5.92 Å². The Morgan fingerprint density at radius 2 is 1.71 bits per heavy atom. The Hall–Kier alpha value is -2.08. The molecule has 2 aliphatic rings. The molecule has 2 N–H and O–H groups in total. The Morgan fingerprint density at radius 3 is 2.32 bits per heavy atom. The molecule has 1 heterocycles. The van der Waals surface area contributed by atoms with E-state index in [-0.39, 0.29) is 36.0 Å². The lowest BCUT2D eigenvalue weighted by atomic mass is 9.87. The monoisotopic (exact) mass is 388 g/mol.